The van der Waals surface area contributed by atoms with Gasteiger partial charge in [-0.3, -0.25) is 14.6 Å². The Morgan fingerprint density at radius 2 is 1.90 bits per heavy atom. The second kappa shape index (κ2) is 7.84. The highest BCUT2D eigenvalue weighted by Gasteiger charge is 2.44. The molecule has 1 aliphatic rings. The van der Waals surface area contributed by atoms with Crippen molar-refractivity contribution in [1.29, 1.82) is 0 Å². The molecule has 0 radical (unpaired) electrons. The first-order valence-corrected chi connectivity index (χ1v) is 10.4. The second-order valence-electron chi connectivity index (χ2n) is 7.34. The molecule has 152 valence electrons. The number of rotatable bonds is 5. The molecule has 0 bridgehead atoms. The van der Waals surface area contributed by atoms with Gasteiger partial charge in [-0.2, -0.15) is 0 Å². The van der Waals surface area contributed by atoms with Crippen LogP contribution in [0.3, 0.4) is 0 Å². The third-order valence-electron chi connectivity index (χ3n) is 5.12. The van der Waals surface area contributed by atoms with Gasteiger partial charge in [0.1, 0.15) is 0 Å². The number of ketones is 1. The number of aromatic nitrogens is 2. The van der Waals surface area contributed by atoms with E-state index in [0.717, 1.165) is 21.7 Å². The molecule has 1 aliphatic heterocycles. The van der Waals surface area contributed by atoms with E-state index in [4.69, 9.17) is 0 Å². The molecule has 6 nitrogen and oxygen atoms in total. The molecule has 2 aromatic heterocycles. The van der Waals surface area contributed by atoms with Gasteiger partial charge in [0, 0.05) is 18.9 Å². The Morgan fingerprint density at radius 1 is 1.17 bits per heavy atom. The maximum atomic E-state index is 13.5. The number of aryl methyl sites for hydroxylation is 3. The molecule has 4 rings (SSSR count). The molecule has 0 spiro atoms. The number of carbonyl (C=O) groups excluding carboxylic acids is 2. The fourth-order valence-corrected chi connectivity index (χ4v) is 4.66. The van der Waals surface area contributed by atoms with E-state index in [1.54, 1.807) is 19.3 Å². The normalized spacial score (nSPS) is 16.4. The number of aliphatic hydroxyl groups is 1. The first-order chi connectivity index (χ1) is 14.4. The molecule has 0 fully saturated rings. The molecule has 3 heterocycles. The molecule has 30 heavy (non-hydrogen) atoms. The number of carbonyl (C=O) groups is 2. The average molecular weight is 420 g/mol. The van der Waals surface area contributed by atoms with E-state index >= 15 is 0 Å². The number of benzene rings is 1. The van der Waals surface area contributed by atoms with Crippen molar-refractivity contribution in [2.75, 3.05) is 0 Å². The van der Waals surface area contributed by atoms with Crippen LogP contribution in [0.4, 0.5) is 0 Å². The van der Waals surface area contributed by atoms with Crippen LogP contribution in [0, 0.1) is 20.8 Å². The number of hydrogen-bond acceptors (Lipinski definition) is 6. The summed E-state index contributed by atoms with van der Waals surface area (Å²) < 4.78 is 0. The molecule has 3 aromatic rings. The maximum Gasteiger partial charge on any atom is 0.290 e. The zero-order chi connectivity index (χ0) is 21.4. The van der Waals surface area contributed by atoms with E-state index in [-0.39, 0.29) is 17.9 Å². The lowest BCUT2D eigenvalue weighted by Crippen LogP contribution is -2.30. The highest BCUT2D eigenvalue weighted by molar-refractivity contribution is 7.14. The lowest BCUT2D eigenvalue weighted by molar-refractivity contribution is -0.130. The van der Waals surface area contributed by atoms with Crippen molar-refractivity contribution in [2.24, 2.45) is 0 Å². The minimum absolute atomic E-state index is 0.103. The van der Waals surface area contributed by atoms with Gasteiger partial charge < -0.3 is 10.0 Å². The minimum atomic E-state index is -0.681. The predicted octanol–water partition coefficient (Wildman–Crippen LogP) is 4.24. The van der Waals surface area contributed by atoms with Gasteiger partial charge in [-0.15, -0.1) is 11.3 Å². The van der Waals surface area contributed by atoms with Gasteiger partial charge >= 0.3 is 0 Å². The lowest BCUT2D eigenvalue weighted by Gasteiger charge is -2.27. The first kappa shape index (κ1) is 20.0. The summed E-state index contributed by atoms with van der Waals surface area (Å²) >= 11 is 1.27. The molecule has 1 aromatic carbocycles. The van der Waals surface area contributed by atoms with Crippen LogP contribution in [0.5, 0.6) is 0 Å². The van der Waals surface area contributed by atoms with E-state index < -0.39 is 17.7 Å². The monoisotopic (exact) mass is 419 g/mol. The Kier molecular flexibility index (Phi) is 5.22. The molecular weight excluding hydrogens is 398 g/mol. The fourth-order valence-electron chi connectivity index (χ4n) is 3.78. The van der Waals surface area contributed by atoms with Crippen LogP contribution >= 0.6 is 11.3 Å². The van der Waals surface area contributed by atoms with E-state index in [0.29, 0.717) is 10.6 Å². The Balaban J connectivity index is 1.83. The van der Waals surface area contributed by atoms with Crippen molar-refractivity contribution in [3.05, 3.63) is 92.4 Å². The van der Waals surface area contributed by atoms with Crippen molar-refractivity contribution < 1.29 is 14.7 Å². The predicted molar refractivity (Wildman–Crippen MR) is 114 cm³/mol. The van der Waals surface area contributed by atoms with Gasteiger partial charge in [0.2, 0.25) is 5.78 Å². The summed E-state index contributed by atoms with van der Waals surface area (Å²) in [6, 6.07) is 10.6. The summed E-state index contributed by atoms with van der Waals surface area (Å²) in [5, 5.41) is 11.5. The van der Waals surface area contributed by atoms with Crippen molar-refractivity contribution in [3.63, 3.8) is 0 Å². The summed E-state index contributed by atoms with van der Waals surface area (Å²) in [5.41, 5.74) is 3.36. The lowest BCUT2D eigenvalue weighted by atomic mass is 9.94. The largest absolute Gasteiger partial charge is 0.503 e. The Bertz CT molecular complexity index is 1170. The van der Waals surface area contributed by atoms with Gasteiger partial charge in [0.15, 0.2) is 5.76 Å². The van der Waals surface area contributed by atoms with Crippen LogP contribution < -0.4 is 0 Å². The molecule has 1 amide bonds. The highest BCUT2D eigenvalue weighted by atomic mass is 32.1. The number of pyridine rings is 1. The number of aliphatic hydroxyl groups excluding tert-OH is 1. The molecule has 0 saturated heterocycles. The van der Waals surface area contributed by atoms with Gasteiger partial charge in [0.05, 0.1) is 27.2 Å². The summed E-state index contributed by atoms with van der Waals surface area (Å²) in [6.07, 6.45) is 3.31. The van der Waals surface area contributed by atoms with Crippen molar-refractivity contribution in [3.8, 4) is 0 Å². The number of amides is 1. The molecular formula is C23H21N3O3S. The standard InChI is InChI=1S/C23H21N3O3S/c1-13-5-4-6-17(11-13)19-18(20(27)22-14(2)25-15(3)30-22)21(28)23(29)26(19)12-16-7-9-24-10-8-16/h4-11,19,28H,12H2,1-3H3. The zero-order valence-electron chi connectivity index (χ0n) is 16.9. The summed E-state index contributed by atoms with van der Waals surface area (Å²) in [6.45, 7) is 5.80. The average Bonchev–Trinajstić information content (AvgIpc) is 3.19. The quantitative estimate of drug-likeness (QED) is 0.626. The fraction of sp³-hybridized carbons (Fsp3) is 0.217. The van der Waals surface area contributed by atoms with Gasteiger partial charge in [-0.05, 0) is 44.0 Å². The smallest absolute Gasteiger partial charge is 0.290 e. The van der Waals surface area contributed by atoms with E-state index in [1.807, 2.05) is 50.2 Å². The van der Waals surface area contributed by atoms with Crippen LogP contribution in [-0.4, -0.2) is 31.7 Å². The van der Waals surface area contributed by atoms with Gasteiger partial charge in [0.25, 0.3) is 5.91 Å². The van der Waals surface area contributed by atoms with E-state index in [2.05, 4.69) is 9.97 Å². The van der Waals surface area contributed by atoms with Crippen LogP contribution in [0.25, 0.3) is 0 Å². The van der Waals surface area contributed by atoms with E-state index in [1.165, 1.54) is 16.2 Å². The third kappa shape index (κ3) is 3.52. The third-order valence-corrected chi connectivity index (χ3v) is 6.19. The zero-order valence-corrected chi connectivity index (χ0v) is 17.7. The van der Waals surface area contributed by atoms with Gasteiger partial charge in [-0.25, -0.2) is 4.98 Å². The summed E-state index contributed by atoms with van der Waals surface area (Å²) in [5.74, 6) is -1.40. The molecule has 1 unspecified atom stereocenters. The molecule has 1 atom stereocenters. The Hall–Kier alpha value is -3.32. The molecule has 7 heteroatoms. The number of Topliss-reactive ketones (excluding diaryl/α,β-unsaturated/α-hetero) is 1. The SMILES string of the molecule is Cc1cccc(C2C(C(=O)c3sc(C)nc3C)=C(O)C(=O)N2Cc2ccncc2)c1. The van der Waals surface area contributed by atoms with Crippen LogP contribution in [-0.2, 0) is 11.3 Å². The van der Waals surface area contributed by atoms with Crippen molar-refractivity contribution >= 4 is 23.0 Å². The maximum absolute atomic E-state index is 13.5. The highest BCUT2D eigenvalue weighted by Crippen LogP contribution is 2.41. The van der Waals surface area contributed by atoms with Crippen LogP contribution in [0.1, 0.15) is 43.1 Å². The second-order valence-corrected chi connectivity index (χ2v) is 8.55. The Morgan fingerprint density at radius 3 is 2.53 bits per heavy atom. The van der Waals surface area contributed by atoms with Crippen LogP contribution in [0.2, 0.25) is 0 Å². The number of thiazole rings is 1. The minimum Gasteiger partial charge on any atom is -0.503 e. The first-order valence-electron chi connectivity index (χ1n) is 9.55. The molecule has 0 saturated carbocycles. The number of nitrogens with zero attached hydrogens (tertiary/aromatic N) is 3. The summed E-state index contributed by atoms with van der Waals surface area (Å²) in [7, 11) is 0. The van der Waals surface area contributed by atoms with Crippen molar-refractivity contribution in [1.82, 2.24) is 14.9 Å². The summed E-state index contributed by atoms with van der Waals surface area (Å²) in [4.78, 5) is 36.9. The molecule has 1 N–H and O–H groups in total. The van der Waals surface area contributed by atoms with Gasteiger partial charge in [-0.1, -0.05) is 29.8 Å². The van der Waals surface area contributed by atoms with Crippen molar-refractivity contribution in [2.45, 2.75) is 33.4 Å². The van der Waals surface area contributed by atoms with Crippen LogP contribution in [0.15, 0.2) is 60.1 Å². The number of hydrogen-bond donors (Lipinski definition) is 1. The van der Waals surface area contributed by atoms with E-state index in [9.17, 15) is 14.7 Å². The Labute approximate surface area is 178 Å². The molecule has 0 aliphatic carbocycles. The topological polar surface area (TPSA) is 83.4 Å².